The number of rotatable bonds is 6. The number of aliphatic hydroxyl groups is 1. The van der Waals surface area contributed by atoms with Crippen molar-refractivity contribution in [2.75, 3.05) is 6.54 Å². The van der Waals surface area contributed by atoms with Gasteiger partial charge in [-0.2, -0.15) is 0 Å². The molecule has 1 atom stereocenters. The number of pyridine rings is 1. The minimum absolute atomic E-state index is 0.0155. The molecule has 0 spiro atoms. The zero-order valence-corrected chi connectivity index (χ0v) is 11.0. The lowest BCUT2D eigenvalue weighted by molar-refractivity contribution is 0.0934. The molecule has 1 unspecified atom stereocenters. The van der Waals surface area contributed by atoms with E-state index in [4.69, 9.17) is 9.84 Å². The minimum atomic E-state index is -0.430. The second-order valence-electron chi connectivity index (χ2n) is 4.41. The number of nitrogens with one attached hydrogen (secondary N) is 1. The smallest absolute Gasteiger partial charge is 0.273 e. The number of hydrogen-bond acceptors (Lipinski definition) is 4. The van der Waals surface area contributed by atoms with Crippen molar-refractivity contribution in [1.29, 1.82) is 0 Å². The third kappa shape index (κ3) is 4.71. The summed E-state index contributed by atoms with van der Waals surface area (Å²) >= 11 is 0. The number of aromatic nitrogens is 1. The molecule has 18 heavy (non-hydrogen) atoms. The standard InChI is InChI=1S/C13H20N2O3/c1-9(2)18-11-5-4-7-14-12(11)13(17)15-8-6-10(3)16/h4-5,7,9-10,16H,6,8H2,1-3H3,(H,15,17). The molecule has 1 aromatic heterocycles. The zero-order valence-electron chi connectivity index (χ0n) is 11.0. The first-order chi connectivity index (χ1) is 8.50. The van der Waals surface area contributed by atoms with Crippen LogP contribution in [-0.2, 0) is 0 Å². The molecule has 0 saturated heterocycles. The molecule has 1 heterocycles. The Kier molecular flexibility index (Phi) is 5.58. The van der Waals surface area contributed by atoms with Crippen LogP contribution in [0.4, 0.5) is 0 Å². The maximum Gasteiger partial charge on any atom is 0.273 e. The monoisotopic (exact) mass is 252 g/mol. The van der Waals surface area contributed by atoms with Crippen LogP contribution < -0.4 is 10.1 Å². The Balaban J connectivity index is 2.66. The van der Waals surface area contributed by atoms with Gasteiger partial charge in [0.2, 0.25) is 0 Å². The quantitative estimate of drug-likeness (QED) is 0.802. The highest BCUT2D eigenvalue weighted by molar-refractivity contribution is 5.94. The molecule has 5 heteroatoms. The van der Waals surface area contributed by atoms with Crippen LogP contribution in [0.2, 0.25) is 0 Å². The topological polar surface area (TPSA) is 71.5 Å². The number of nitrogens with zero attached hydrogens (tertiary/aromatic N) is 1. The molecular weight excluding hydrogens is 232 g/mol. The average Bonchev–Trinajstić information content (AvgIpc) is 2.28. The van der Waals surface area contributed by atoms with Crippen LogP contribution in [0.25, 0.3) is 0 Å². The van der Waals surface area contributed by atoms with Crippen LogP contribution in [0.15, 0.2) is 18.3 Å². The van der Waals surface area contributed by atoms with E-state index in [1.165, 1.54) is 0 Å². The van der Waals surface area contributed by atoms with E-state index in [0.717, 1.165) is 0 Å². The van der Waals surface area contributed by atoms with Gasteiger partial charge in [0, 0.05) is 12.7 Å². The van der Waals surface area contributed by atoms with Crippen LogP contribution >= 0.6 is 0 Å². The number of ether oxygens (including phenoxy) is 1. The predicted octanol–water partition coefficient (Wildman–Crippen LogP) is 1.37. The first-order valence-corrected chi connectivity index (χ1v) is 6.08. The Labute approximate surface area is 107 Å². The molecule has 1 amide bonds. The van der Waals surface area contributed by atoms with Gasteiger partial charge in [0.1, 0.15) is 0 Å². The number of aliphatic hydroxyl groups excluding tert-OH is 1. The number of carbonyl (C=O) groups is 1. The Hall–Kier alpha value is -1.62. The Morgan fingerprint density at radius 1 is 1.50 bits per heavy atom. The predicted molar refractivity (Wildman–Crippen MR) is 68.6 cm³/mol. The van der Waals surface area contributed by atoms with Crippen molar-refractivity contribution in [2.24, 2.45) is 0 Å². The van der Waals surface area contributed by atoms with Gasteiger partial charge in [0.15, 0.2) is 11.4 Å². The molecule has 2 N–H and O–H groups in total. The van der Waals surface area contributed by atoms with Crippen LogP contribution in [0.1, 0.15) is 37.7 Å². The summed E-state index contributed by atoms with van der Waals surface area (Å²) in [5, 5.41) is 11.8. The molecule has 0 aromatic carbocycles. The van der Waals surface area contributed by atoms with Gasteiger partial charge >= 0.3 is 0 Å². The van der Waals surface area contributed by atoms with Crippen molar-refractivity contribution >= 4 is 5.91 Å². The van der Waals surface area contributed by atoms with Crippen LogP contribution in [0.3, 0.4) is 0 Å². The summed E-state index contributed by atoms with van der Waals surface area (Å²) in [7, 11) is 0. The first kappa shape index (κ1) is 14.4. The summed E-state index contributed by atoms with van der Waals surface area (Å²) in [5.41, 5.74) is 0.275. The van der Waals surface area contributed by atoms with E-state index in [9.17, 15) is 4.79 Å². The SMILES string of the molecule is CC(O)CCNC(=O)c1ncccc1OC(C)C. The highest BCUT2D eigenvalue weighted by Gasteiger charge is 2.14. The zero-order chi connectivity index (χ0) is 13.5. The lowest BCUT2D eigenvalue weighted by Gasteiger charge is -2.13. The van der Waals surface area contributed by atoms with Gasteiger partial charge in [-0.15, -0.1) is 0 Å². The normalized spacial score (nSPS) is 12.3. The van der Waals surface area contributed by atoms with Crippen molar-refractivity contribution < 1.29 is 14.6 Å². The summed E-state index contributed by atoms with van der Waals surface area (Å²) in [5.74, 6) is 0.189. The molecule has 0 radical (unpaired) electrons. The number of carbonyl (C=O) groups excluding carboxylic acids is 1. The summed E-state index contributed by atoms with van der Waals surface area (Å²) in [6, 6.07) is 3.45. The van der Waals surface area contributed by atoms with Crippen molar-refractivity contribution in [3.8, 4) is 5.75 Å². The summed E-state index contributed by atoms with van der Waals surface area (Å²) in [6.45, 7) is 5.87. The molecule has 0 aliphatic rings. The minimum Gasteiger partial charge on any atom is -0.489 e. The van der Waals surface area contributed by atoms with E-state index in [2.05, 4.69) is 10.3 Å². The molecule has 0 saturated carbocycles. The van der Waals surface area contributed by atoms with E-state index in [1.807, 2.05) is 13.8 Å². The lowest BCUT2D eigenvalue weighted by Crippen LogP contribution is -2.28. The van der Waals surface area contributed by atoms with Crippen molar-refractivity contribution in [3.05, 3.63) is 24.0 Å². The fourth-order valence-electron chi connectivity index (χ4n) is 1.39. The first-order valence-electron chi connectivity index (χ1n) is 6.08. The number of amides is 1. The molecule has 0 bridgehead atoms. The largest absolute Gasteiger partial charge is 0.489 e. The van der Waals surface area contributed by atoms with E-state index >= 15 is 0 Å². The van der Waals surface area contributed by atoms with Crippen LogP contribution in [-0.4, -0.2) is 34.8 Å². The Bertz CT molecular complexity index is 392. The number of hydrogen-bond donors (Lipinski definition) is 2. The molecule has 5 nitrogen and oxygen atoms in total. The molecular formula is C13H20N2O3. The second-order valence-corrected chi connectivity index (χ2v) is 4.41. The van der Waals surface area contributed by atoms with Crippen molar-refractivity contribution in [3.63, 3.8) is 0 Å². The van der Waals surface area contributed by atoms with Gasteiger partial charge in [0.05, 0.1) is 12.2 Å². The second kappa shape index (κ2) is 6.96. The van der Waals surface area contributed by atoms with Crippen LogP contribution in [0.5, 0.6) is 5.75 Å². The molecule has 100 valence electrons. The molecule has 0 aliphatic carbocycles. The van der Waals surface area contributed by atoms with E-state index < -0.39 is 6.10 Å². The van der Waals surface area contributed by atoms with Gasteiger partial charge in [-0.1, -0.05) is 0 Å². The fourth-order valence-corrected chi connectivity index (χ4v) is 1.39. The Morgan fingerprint density at radius 3 is 2.83 bits per heavy atom. The summed E-state index contributed by atoms with van der Waals surface area (Å²) in [6.07, 6.45) is 1.62. The van der Waals surface area contributed by atoms with E-state index in [1.54, 1.807) is 25.3 Å². The summed E-state index contributed by atoms with van der Waals surface area (Å²) in [4.78, 5) is 15.9. The van der Waals surface area contributed by atoms with Crippen molar-refractivity contribution in [1.82, 2.24) is 10.3 Å². The maximum atomic E-state index is 11.9. The molecule has 1 aromatic rings. The maximum absolute atomic E-state index is 11.9. The highest BCUT2D eigenvalue weighted by atomic mass is 16.5. The molecule has 0 fully saturated rings. The van der Waals surface area contributed by atoms with Crippen molar-refractivity contribution in [2.45, 2.75) is 39.4 Å². The third-order valence-corrected chi connectivity index (χ3v) is 2.20. The van der Waals surface area contributed by atoms with Crippen LogP contribution in [0, 0.1) is 0 Å². The van der Waals surface area contributed by atoms with E-state index in [0.29, 0.717) is 18.7 Å². The Morgan fingerprint density at radius 2 is 2.22 bits per heavy atom. The molecule has 0 aliphatic heterocycles. The van der Waals surface area contributed by atoms with Gasteiger partial charge in [-0.25, -0.2) is 4.98 Å². The third-order valence-electron chi connectivity index (χ3n) is 2.20. The fraction of sp³-hybridized carbons (Fsp3) is 0.538. The average molecular weight is 252 g/mol. The van der Waals surface area contributed by atoms with Gasteiger partial charge < -0.3 is 15.2 Å². The van der Waals surface area contributed by atoms with E-state index in [-0.39, 0.29) is 17.7 Å². The molecule has 1 rings (SSSR count). The van der Waals surface area contributed by atoms with Gasteiger partial charge in [-0.05, 0) is 39.3 Å². The lowest BCUT2D eigenvalue weighted by atomic mass is 10.2. The van der Waals surface area contributed by atoms with Gasteiger partial charge in [0.25, 0.3) is 5.91 Å². The summed E-state index contributed by atoms with van der Waals surface area (Å²) < 4.78 is 5.52. The highest BCUT2D eigenvalue weighted by Crippen LogP contribution is 2.16. The van der Waals surface area contributed by atoms with Gasteiger partial charge in [-0.3, -0.25) is 4.79 Å².